The van der Waals surface area contributed by atoms with E-state index >= 15 is 0 Å². The van der Waals surface area contributed by atoms with Gasteiger partial charge in [0.15, 0.2) is 0 Å². The molecule has 2 saturated heterocycles. The summed E-state index contributed by atoms with van der Waals surface area (Å²) in [5.41, 5.74) is 1.17. The topological polar surface area (TPSA) is 93.5 Å². The fraction of sp³-hybridized carbons (Fsp3) is 0.267. The molecule has 0 radical (unpaired) electrons. The zero-order valence-electron chi connectivity index (χ0n) is 21.2. The molecule has 0 bridgehead atoms. The number of hydrogen-bond donors (Lipinski definition) is 1. The first-order chi connectivity index (χ1) is 18.4. The summed E-state index contributed by atoms with van der Waals surface area (Å²) in [7, 11) is 1.55. The third-order valence-electron chi connectivity index (χ3n) is 8.33. The zero-order valence-corrected chi connectivity index (χ0v) is 21.2. The molecule has 38 heavy (non-hydrogen) atoms. The highest BCUT2D eigenvalue weighted by molar-refractivity contribution is 6.23. The molecule has 3 aromatic carbocycles. The van der Waals surface area contributed by atoms with Crippen LogP contribution in [0.15, 0.2) is 77.6 Å². The lowest BCUT2D eigenvalue weighted by Crippen LogP contribution is -2.51. The zero-order chi connectivity index (χ0) is 26.3. The van der Waals surface area contributed by atoms with Gasteiger partial charge in [-0.15, -0.1) is 0 Å². The number of amides is 2. The second-order valence-corrected chi connectivity index (χ2v) is 10.5. The van der Waals surface area contributed by atoms with Gasteiger partial charge in [-0.25, -0.2) is 9.88 Å². The predicted molar refractivity (Wildman–Crippen MR) is 142 cm³/mol. The Morgan fingerprint density at radius 1 is 0.947 bits per heavy atom. The van der Waals surface area contributed by atoms with Gasteiger partial charge in [0.1, 0.15) is 17.1 Å². The van der Waals surface area contributed by atoms with Gasteiger partial charge in [0.05, 0.1) is 41.2 Å². The van der Waals surface area contributed by atoms with Crippen LogP contribution in [-0.2, 0) is 15.1 Å². The number of para-hydroxylation sites is 2. The van der Waals surface area contributed by atoms with Crippen LogP contribution >= 0.6 is 0 Å². The average Bonchev–Trinajstić information content (AvgIpc) is 3.52. The first-order valence-electron chi connectivity index (χ1n) is 12.8. The molecule has 0 aliphatic carbocycles. The van der Waals surface area contributed by atoms with Gasteiger partial charge in [-0.05, 0) is 36.2 Å². The first kappa shape index (κ1) is 22.9. The Hall–Kier alpha value is -4.30. The third-order valence-corrected chi connectivity index (χ3v) is 8.33. The smallest absolute Gasteiger partial charge is 0.266 e. The number of benzene rings is 3. The number of imide groups is 1. The van der Waals surface area contributed by atoms with E-state index in [0.717, 1.165) is 5.56 Å². The maximum atomic E-state index is 14.4. The molecule has 4 aromatic rings. The summed E-state index contributed by atoms with van der Waals surface area (Å²) in [4.78, 5) is 48.6. The number of ether oxygens (including phenoxy) is 1. The molecule has 4 heterocycles. The van der Waals surface area contributed by atoms with Gasteiger partial charge in [0.2, 0.25) is 11.8 Å². The summed E-state index contributed by atoms with van der Waals surface area (Å²) in [5, 5.41) is 4.22. The van der Waals surface area contributed by atoms with Crippen LogP contribution in [0.2, 0.25) is 0 Å². The van der Waals surface area contributed by atoms with Crippen LogP contribution in [0.3, 0.4) is 0 Å². The van der Waals surface area contributed by atoms with Crippen LogP contribution in [-0.4, -0.2) is 34.5 Å². The van der Waals surface area contributed by atoms with E-state index in [4.69, 9.17) is 9.72 Å². The van der Waals surface area contributed by atoms with Gasteiger partial charge in [0, 0.05) is 17.7 Å². The van der Waals surface area contributed by atoms with Crippen molar-refractivity contribution in [1.29, 1.82) is 0 Å². The van der Waals surface area contributed by atoms with E-state index in [1.165, 1.54) is 4.90 Å². The maximum absolute atomic E-state index is 14.4. The van der Waals surface area contributed by atoms with E-state index in [9.17, 15) is 14.4 Å². The van der Waals surface area contributed by atoms with Gasteiger partial charge in [-0.3, -0.25) is 24.3 Å². The Balaban J connectivity index is 1.52. The molecular formula is C30H26N4O4. The Bertz CT molecular complexity index is 1730. The molecule has 4 atom stereocenters. The van der Waals surface area contributed by atoms with Crippen LogP contribution in [0, 0.1) is 17.8 Å². The number of rotatable bonds is 3. The summed E-state index contributed by atoms with van der Waals surface area (Å²) in [6, 6.07) is 21.5. The number of carbonyl (C=O) groups excluding carboxylic acids is 2. The standard InChI is InChI=1S/C30H26N4O4/c1-16(2)25-23-24(28(37)33(27(23)36)17-9-8-10-18(15-17)38-3)30(32-25)20-12-5-7-14-22(20)34-26(35)19-11-4-6-13-21(19)31-29(30)34/h4-16,23-25,32H,1-3H3/t23-,24-,25+,30+/m1/s1. The van der Waals surface area contributed by atoms with Crippen LogP contribution in [0.25, 0.3) is 16.6 Å². The Labute approximate surface area is 218 Å². The molecule has 7 rings (SSSR count). The fourth-order valence-corrected chi connectivity index (χ4v) is 6.73. The van der Waals surface area contributed by atoms with Crippen molar-refractivity contribution >= 4 is 28.4 Å². The molecule has 3 aliphatic heterocycles. The third kappa shape index (κ3) is 2.73. The highest BCUT2D eigenvalue weighted by Gasteiger charge is 2.70. The largest absolute Gasteiger partial charge is 0.497 e. The number of methoxy groups -OCH3 is 1. The number of nitrogens with zero attached hydrogens (tertiary/aromatic N) is 3. The predicted octanol–water partition coefficient (Wildman–Crippen LogP) is 3.38. The number of hydrogen-bond acceptors (Lipinski definition) is 6. The maximum Gasteiger partial charge on any atom is 0.266 e. The van der Waals surface area contributed by atoms with Crippen molar-refractivity contribution < 1.29 is 14.3 Å². The van der Waals surface area contributed by atoms with Gasteiger partial charge < -0.3 is 4.74 Å². The Kier molecular flexibility index (Phi) is 4.72. The lowest BCUT2D eigenvalue weighted by atomic mass is 9.75. The molecule has 3 aliphatic rings. The summed E-state index contributed by atoms with van der Waals surface area (Å²) in [5.74, 6) is -0.922. The molecule has 0 unspecified atom stereocenters. The monoisotopic (exact) mass is 506 g/mol. The van der Waals surface area contributed by atoms with Crippen LogP contribution in [0.4, 0.5) is 5.69 Å². The molecule has 8 heteroatoms. The molecule has 8 nitrogen and oxygen atoms in total. The second-order valence-electron chi connectivity index (χ2n) is 10.5. The van der Waals surface area contributed by atoms with Gasteiger partial charge in [0.25, 0.3) is 5.56 Å². The van der Waals surface area contributed by atoms with Crippen molar-refractivity contribution in [2.24, 2.45) is 17.8 Å². The Morgan fingerprint density at radius 3 is 2.50 bits per heavy atom. The van der Waals surface area contributed by atoms with Crippen molar-refractivity contribution in [1.82, 2.24) is 14.9 Å². The van der Waals surface area contributed by atoms with Crippen molar-refractivity contribution in [3.63, 3.8) is 0 Å². The summed E-state index contributed by atoms with van der Waals surface area (Å²) < 4.78 is 6.99. The quantitative estimate of drug-likeness (QED) is 0.428. The molecule has 2 amide bonds. The van der Waals surface area contributed by atoms with Crippen molar-refractivity contribution in [3.05, 3.63) is 94.5 Å². The minimum absolute atomic E-state index is 0.0391. The molecular weight excluding hydrogens is 480 g/mol. The number of nitrogens with one attached hydrogen (secondary N) is 1. The average molecular weight is 507 g/mol. The molecule has 190 valence electrons. The minimum atomic E-state index is -1.14. The normalized spacial score (nSPS) is 25.4. The highest BCUT2D eigenvalue weighted by Crippen LogP contribution is 2.56. The number of anilines is 1. The van der Waals surface area contributed by atoms with Gasteiger partial charge >= 0.3 is 0 Å². The molecule has 1 aromatic heterocycles. The van der Waals surface area contributed by atoms with Crippen LogP contribution in [0.1, 0.15) is 25.2 Å². The lowest BCUT2D eigenvalue weighted by molar-refractivity contribution is -0.123. The van der Waals surface area contributed by atoms with E-state index in [1.54, 1.807) is 42.0 Å². The van der Waals surface area contributed by atoms with Gasteiger partial charge in [-0.1, -0.05) is 50.2 Å². The Morgan fingerprint density at radius 2 is 1.71 bits per heavy atom. The van der Waals surface area contributed by atoms with Crippen LogP contribution < -0.4 is 20.5 Å². The van der Waals surface area contributed by atoms with E-state index in [2.05, 4.69) is 5.32 Å². The van der Waals surface area contributed by atoms with Crippen molar-refractivity contribution in [2.45, 2.75) is 25.4 Å². The van der Waals surface area contributed by atoms with E-state index in [0.29, 0.717) is 33.9 Å². The SMILES string of the molecule is COc1cccc(N2C(=O)[C@H]3[C@H](C(C)C)N[C@@]4(c5ccccc5-n5c4nc4ccccc4c5=O)[C@H]3C2=O)c1. The second kappa shape index (κ2) is 7.85. The molecule has 1 N–H and O–H groups in total. The van der Waals surface area contributed by atoms with E-state index < -0.39 is 17.4 Å². The van der Waals surface area contributed by atoms with Crippen molar-refractivity contribution in [2.75, 3.05) is 12.0 Å². The molecule has 1 spiro atoms. The number of aromatic nitrogens is 2. The highest BCUT2D eigenvalue weighted by atomic mass is 16.5. The summed E-state index contributed by atoms with van der Waals surface area (Å²) >= 11 is 0. The van der Waals surface area contributed by atoms with Gasteiger partial charge in [-0.2, -0.15) is 0 Å². The van der Waals surface area contributed by atoms with E-state index in [-0.39, 0.29) is 29.3 Å². The molecule has 0 saturated carbocycles. The van der Waals surface area contributed by atoms with Crippen molar-refractivity contribution in [3.8, 4) is 11.4 Å². The minimum Gasteiger partial charge on any atom is -0.497 e. The lowest BCUT2D eigenvalue weighted by Gasteiger charge is -2.32. The first-order valence-corrected chi connectivity index (χ1v) is 12.8. The number of carbonyl (C=O) groups is 2. The summed E-state index contributed by atoms with van der Waals surface area (Å²) in [6.45, 7) is 4.09. The fourth-order valence-electron chi connectivity index (χ4n) is 6.73. The number of fused-ring (bicyclic) bond motifs is 8. The van der Waals surface area contributed by atoms with E-state index in [1.807, 2.05) is 56.3 Å². The molecule has 2 fully saturated rings. The summed E-state index contributed by atoms with van der Waals surface area (Å²) in [6.07, 6.45) is 0. The van der Waals surface area contributed by atoms with Crippen LogP contribution in [0.5, 0.6) is 5.75 Å².